The zero-order valence-corrected chi connectivity index (χ0v) is 17.4. The van der Waals surface area contributed by atoms with Gasteiger partial charge in [-0.05, 0) is 42.0 Å². The molecular formula is C23H22ClFN2O3. The molecule has 1 saturated heterocycles. The Bertz CT molecular complexity index is 1040. The van der Waals surface area contributed by atoms with Gasteiger partial charge in [0.25, 0.3) is 5.91 Å². The molecule has 4 rings (SSSR count). The van der Waals surface area contributed by atoms with Crippen molar-refractivity contribution in [3.8, 4) is 17.1 Å². The van der Waals surface area contributed by atoms with Gasteiger partial charge in [-0.15, -0.1) is 0 Å². The number of rotatable bonds is 5. The molecule has 0 unspecified atom stereocenters. The molecule has 0 spiro atoms. The van der Waals surface area contributed by atoms with Crippen molar-refractivity contribution in [1.82, 2.24) is 9.80 Å². The minimum absolute atomic E-state index is 0.136. The van der Waals surface area contributed by atoms with Crippen LogP contribution in [0.5, 0.6) is 5.75 Å². The maximum absolute atomic E-state index is 13.9. The molecule has 30 heavy (non-hydrogen) atoms. The molecule has 5 nitrogen and oxygen atoms in total. The first-order valence-corrected chi connectivity index (χ1v) is 10.1. The van der Waals surface area contributed by atoms with Gasteiger partial charge in [0, 0.05) is 38.3 Å². The van der Waals surface area contributed by atoms with Gasteiger partial charge >= 0.3 is 0 Å². The molecule has 1 amide bonds. The summed E-state index contributed by atoms with van der Waals surface area (Å²) < 4.78 is 24.6. The van der Waals surface area contributed by atoms with Crippen LogP contribution >= 0.6 is 11.6 Å². The van der Waals surface area contributed by atoms with Crippen LogP contribution < -0.4 is 4.74 Å². The van der Waals surface area contributed by atoms with Crippen LogP contribution in [0.4, 0.5) is 4.39 Å². The van der Waals surface area contributed by atoms with E-state index in [1.165, 1.54) is 13.2 Å². The normalized spacial score (nSPS) is 14.7. The van der Waals surface area contributed by atoms with Crippen molar-refractivity contribution in [1.29, 1.82) is 0 Å². The van der Waals surface area contributed by atoms with Crippen LogP contribution in [0.1, 0.15) is 16.1 Å². The third-order valence-electron chi connectivity index (χ3n) is 5.24. The average Bonchev–Trinajstić information content (AvgIpc) is 3.24. The number of carbonyl (C=O) groups is 1. The Hall–Kier alpha value is -2.83. The fourth-order valence-electron chi connectivity index (χ4n) is 3.59. The lowest BCUT2D eigenvalue weighted by Crippen LogP contribution is -2.48. The van der Waals surface area contributed by atoms with Gasteiger partial charge in [-0.3, -0.25) is 9.69 Å². The summed E-state index contributed by atoms with van der Waals surface area (Å²) in [6, 6.07) is 15.8. The highest BCUT2D eigenvalue weighted by molar-refractivity contribution is 6.33. The predicted molar refractivity (Wildman–Crippen MR) is 113 cm³/mol. The molecule has 0 saturated carbocycles. The smallest absolute Gasteiger partial charge is 0.289 e. The van der Waals surface area contributed by atoms with Gasteiger partial charge in [-0.2, -0.15) is 0 Å². The summed E-state index contributed by atoms with van der Waals surface area (Å²) >= 11 is 6.21. The first-order valence-electron chi connectivity index (χ1n) is 9.74. The molecule has 0 radical (unpaired) electrons. The van der Waals surface area contributed by atoms with Crippen molar-refractivity contribution in [2.24, 2.45) is 0 Å². The lowest BCUT2D eigenvalue weighted by atomic mass is 10.1. The molecule has 1 aliphatic rings. The lowest BCUT2D eigenvalue weighted by molar-refractivity contribution is 0.0598. The third kappa shape index (κ3) is 4.35. The molecule has 3 aromatic rings. The molecule has 1 aromatic heterocycles. The van der Waals surface area contributed by atoms with Crippen LogP contribution in [0.2, 0.25) is 5.02 Å². The Morgan fingerprint density at radius 1 is 1.10 bits per heavy atom. The number of nitrogens with zero attached hydrogens (tertiary/aromatic N) is 2. The fraction of sp³-hybridized carbons (Fsp3) is 0.261. The third-order valence-corrected chi connectivity index (χ3v) is 5.57. The molecule has 7 heteroatoms. The van der Waals surface area contributed by atoms with Gasteiger partial charge in [-0.1, -0.05) is 29.8 Å². The molecule has 0 N–H and O–H groups in total. The van der Waals surface area contributed by atoms with Crippen LogP contribution in [0, 0.1) is 5.82 Å². The number of hydrogen-bond donors (Lipinski definition) is 0. The molecule has 2 aromatic carbocycles. The number of benzene rings is 2. The Labute approximate surface area is 179 Å². The molecule has 0 bridgehead atoms. The van der Waals surface area contributed by atoms with Crippen LogP contribution in [0.3, 0.4) is 0 Å². The maximum Gasteiger partial charge on any atom is 0.289 e. The van der Waals surface area contributed by atoms with E-state index in [-0.39, 0.29) is 17.5 Å². The topological polar surface area (TPSA) is 45.9 Å². The van der Waals surface area contributed by atoms with Gasteiger partial charge in [0.1, 0.15) is 5.76 Å². The van der Waals surface area contributed by atoms with E-state index in [2.05, 4.69) is 4.90 Å². The van der Waals surface area contributed by atoms with E-state index in [4.69, 9.17) is 20.8 Å². The van der Waals surface area contributed by atoms with E-state index < -0.39 is 0 Å². The van der Waals surface area contributed by atoms with E-state index >= 15 is 0 Å². The number of methoxy groups -OCH3 is 1. The molecule has 0 atom stereocenters. The number of hydrogen-bond acceptors (Lipinski definition) is 4. The van der Waals surface area contributed by atoms with Crippen molar-refractivity contribution in [3.63, 3.8) is 0 Å². The first-order chi connectivity index (χ1) is 14.5. The molecule has 1 fully saturated rings. The molecule has 156 valence electrons. The van der Waals surface area contributed by atoms with Crippen molar-refractivity contribution in [3.05, 3.63) is 76.8 Å². The van der Waals surface area contributed by atoms with Gasteiger partial charge in [-0.25, -0.2) is 4.39 Å². The highest BCUT2D eigenvalue weighted by Crippen LogP contribution is 2.29. The first kappa shape index (κ1) is 20.4. The summed E-state index contributed by atoms with van der Waals surface area (Å²) in [5.74, 6) is 0.614. The molecule has 2 heterocycles. The number of carbonyl (C=O) groups excluding carboxylic acids is 1. The van der Waals surface area contributed by atoms with Crippen LogP contribution in [0.25, 0.3) is 11.3 Å². The SMILES string of the molecule is COc1ccc(CN2CCN(C(=O)c3ccc(-c4ccccc4Cl)o3)CC2)cc1F. The number of piperazine rings is 1. The van der Waals surface area contributed by atoms with E-state index in [0.717, 1.165) is 11.1 Å². The number of halogens is 2. The maximum atomic E-state index is 13.9. The Kier molecular flexibility index (Phi) is 6.06. The van der Waals surface area contributed by atoms with Crippen LogP contribution in [-0.4, -0.2) is 49.0 Å². The highest BCUT2D eigenvalue weighted by atomic mass is 35.5. The van der Waals surface area contributed by atoms with E-state index in [1.807, 2.05) is 24.3 Å². The molecule has 0 aliphatic carbocycles. The predicted octanol–water partition coefficient (Wildman–Crippen LogP) is 4.71. The second kappa shape index (κ2) is 8.90. The lowest BCUT2D eigenvalue weighted by Gasteiger charge is -2.34. The number of ether oxygens (including phenoxy) is 1. The zero-order chi connectivity index (χ0) is 21.1. The standard InChI is InChI=1S/C23H22ClFN2O3/c1-29-21-7-6-16(14-19(21)25)15-26-10-12-27(13-11-26)23(28)22-9-8-20(30-22)17-4-2-3-5-18(17)24/h2-9,14H,10-13,15H2,1H3. The second-order valence-corrected chi connectivity index (χ2v) is 7.59. The summed E-state index contributed by atoms with van der Waals surface area (Å²) in [5, 5.41) is 0.578. The van der Waals surface area contributed by atoms with Crippen molar-refractivity contribution in [2.45, 2.75) is 6.54 Å². The fourth-order valence-corrected chi connectivity index (χ4v) is 3.82. The Morgan fingerprint density at radius 2 is 1.87 bits per heavy atom. The Morgan fingerprint density at radius 3 is 2.57 bits per heavy atom. The number of furan rings is 1. The summed E-state index contributed by atoms with van der Waals surface area (Å²) in [6.07, 6.45) is 0. The van der Waals surface area contributed by atoms with Crippen molar-refractivity contribution >= 4 is 17.5 Å². The van der Waals surface area contributed by atoms with Crippen molar-refractivity contribution in [2.75, 3.05) is 33.3 Å². The zero-order valence-electron chi connectivity index (χ0n) is 16.6. The molecular weight excluding hydrogens is 407 g/mol. The molecule has 1 aliphatic heterocycles. The van der Waals surface area contributed by atoms with E-state index in [9.17, 15) is 9.18 Å². The minimum atomic E-state index is -0.365. The summed E-state index contributed by atoms with van der Waals surface area (Å²) in [7, 11) is 1.45. The monoisotopic (exact) mass is 428 g/mol. The van der Waals surface area contributed by atoms with Crippen LogP contribution in [-0.2, 0) is 6.54 Å². The summed E-state index contributed by atoms with van der Waals surface area (Å²) in [4.78, 5) is 16.8. The van der Waals surface area contributed by atoms with Gasteiger partial charge in [0.05, 0.1) is 12.1 Å². The minimum Gasteiger partial charge on any atom is -0.494 e. The van der Waals surface area contributed by atoms with Gasteiger partial charge < -0.3 is 14.1 Å². The quantitative estimate of drug-likeness (QED) is 0.590. The second-order valence-electron chi connectivity index (χ2n) is 7.18. The highest BCUT2D eigenvalue weighted by Gasteiger charge is 2.25. The van der Waals surface area contributed by atoms with Gasteiger partial charge in [0.2, 0.25) is 0 Å². The largest absolute Gasteiger partial charge is 0.494 e. The van der Waals surface area contributed by atoms with E-state index in [1.54, 1.807) is 29.2 Å². The Balaban J connectivity index is 1.36. The summed E-state index contributed by atoms with van der Waals surface area (Å²) in [5.41, 5.74) is 1.64. The average molecular weight is 429 g/mol. The van der Waals surface area contributed by atoms with Crippen LogP contribution in [0.15, 0.2) is 59.0 Å². The van der Waals surface area contributed by atoms with Crippen molar-refractivity contribution < 1.29 is 18.3 Å². The number of amides is 1. The van der Waals surface area contributed by atoms with Gasteiger partial charge in [0.15, 0.2) is 17.3 Å². The summed E-state index contributed by atoms with van der Waals surface area (Å²) in [6.45, 7) is 3.20. The van der Waals surface area contributed by atoms with E-state index in [0.29, 0.717) is 49.3 Å².